The molecule has 33 heavy (non-hydrogen) atoms. The highest BCUT2D eigenvalue weighted by atomic mass is 32.1. The number of fused-ring (bicyclic) bond motifs is 1. The molecule has 1 spiro atoms. The third kappa shape index (κ3) is 3.78. The van der Waals surface area contributed by atoms with Crippen molar-refractivity contribution in [3.63, 3.8) is 0 Å². The van der Waals surface area contributed by atoms with Crippen molar-refractivity contribution < 1.29 is 32.2 Å². The standard InChI is InChI=1S/C21H23F3N4O4S/c1-25-18(29)13-9-33-17-14(21(22,23)24)8-15(26-16(13)17)27-5-2-12(3-6-27)32-19(30)28-7-4-20(28)10-31-11-20/h8-9,12H,2-7,10-11H2,1H3,(H,25,29). The van der Waals surface area contributed by atoms with Crippen molar-refractivity contribution in [1.82, 2.24) is 15.2 Å². The van der Waals surface area contributed by atoms with Crippen LogP contribution in [0.1, 0.15) is 35.2 Å². The number of carbonyl (C=O) groups excluding carboxylic acids is 2. The summed E-state index contributed by atoms with van der Waals surface area (Å²) >= 11 is 0.857. The molecule has 0 aliphatic carbocycles. The van der Waals surface area contributed by atoms with Gasteiger partial charge in [-0.05, 0) is 12.5 Å². The maximum atomic E-state index is 13.8. The second-order valence-corrected chi connectivity index (χ2v) is 9.50. The number of hydrogen-bond acceptors (Lipinski definition) is 7. The Labute approximate surface area is 191 Å². The average Bonchev–Trinajstić information content (AvgIpc) is 3.14. The van der Waals surface area contributed by atoms with Gasteiger partial charge in [0.1, 0.15) is 11.9 Å². The summed E-state index contributed by atoms with van der Waals surface area (Å²) in [7, 11) is 1.42. The highest BCUT2D eigenvalue weighted by Gasteiger charge is 2.54. The molecule has 0 atom stereocenters. The van der Waals surface area contributed by atoms with Crippen LogP contribution in [0, 0.1) is 0 Å². The largest absolute Gasteiger partial charge is 0.446 e. The molecule has 0 bridgehead atoms. The van der Waals surface area contributed by atoms with Gasteiger partial charge in [0.2, 0.25) is 0 Å². The van der Waals surface area contributed by atoms with E-state index >= 15 is 0 Å². The second kappa shape index (κ2) is 8.01. The fourth-order valence-corrected chi connectivity index (χ4v) is 5.56. The molecule has 2 aromatic rings. The Morgan fingerprint density at radius 2 is 2.00 bits per heavy atom. The van der Waals surface area contributed by atoms with E-state index in [0.29, 0.717) is 45.7 Å². The summed E-state index contributed by atoms with van der Waals surface area (Å²) < 4.78 is 52.1. The van der Waals surface area contributed by atoms with Gasteiger partial charge in [-0.3, -0.25) is 9.69 Å². The number of aromatic nitrogens is 1. The number of ether oxygens (including phenoxy) is 2. The fourth-order valence-electron chi connectivity index (χ4n) is 4.54. The Morgan fingerprint density at radius 3 is 2.55 bits per heavy atom. The molecular formula is C21H23F3N4O4S. The first kappa shape index (κ1) is 22.2. The first-order chi connectivity index (χ1) is 15.7. The SMILES string of the molecule is CNC(=O)c1csc2c(C(F)(F)F)cc(N3CCC(OC(=O)N4CCC45COC5)CC3)nc12. The zero-order valence-electron chi connectivity index (χ0n) is 17.9. The minimum absolute atomic E-state index is 0.0449. The molecule has 2 aromatic heterocycles. The normalized spacial score (nSPS) is 20.5. The molecule has 8 nitrogen and oxygen atoms in total. The van der Waals surface area contributed by atoms with Gasteiger partial charge in [-0.2, -0.15) is 13.2 Å². The topological polar surface area (TPSA) is 84.0 Å². The van der Waals surface area contributed by atoms with Gasteiger partial charge < -0.3 is 19.7 Å². The third-order valence-electron chi connectivity index (χ3n) is 6.65. The number of rotatable bonds is 3. The molecule has 12 heteroatoms. The predicted molar refractivity (Wildman–Crippen MR) is 115 cm³/mol. The van der Waals surface area contributed by atoms with Gasteiger partial charge in [0.05, 0.1) is 40.1 Å². The number of nitrogens with one attached hydrogen (secondary N) is 1. The maximum absolute atomic E-state index is 13.8. The Balaban J connectivity index is 1.31. The van der Waals surface area contributed by atoms with Crippen LogP contribution < -0.4 is 10.2 Å². The first-order valence-electron chi connectivity index (χ1n) is 10.7. The van der Waals surface area contributed by atoms with Crippen LogP contribution in [-0.2, 0) is 15.7 Å². The summed E-state index contributed by atoms with van der Waals surface area (Å²) in [5.74, 6) is -0.318. The summed E-state index contributed by atoms with van der Waals surface area (Å²) in [5, 5.41) is 3.85. The van der Waals surface area contributed by atoms with Crippen LogP contribution >= 0.6 is 11.3 Å². The van der Waals surface area contributed by atoms with E-state index in [-0.39, 0.29) is 39.3 Å². The minimum atomic E-state index is -4.58. The molecule has 5 heterocycles. The van der Waals surface area contributed by atoms with Crippen molar-refractivity contribution in [1.29, 1.82) is 0 Å². The lowest BCUT2D eigenvalue weighted by Crippen LogP contribution is -2.72. The minimum Gasteiger partial charge on any atom is -0.446 e. The average molecular weight is 485 g/mol. The predicted octanol–water partition coefficient (Wildman–Crippen LogP) is 3.25. The summed E-state index contributed by atoms with van der Waals surface area (Å²) in [6, 6.07) is 1.04. The zero-order chi connectivity index (χ0) is 23.4. The fraction of sp³-hybridized carbons (Fsp3) is 0.571. The molecule has 0 saturated carbocycles. The van der Waals surface area contributed by atoms with Gasteiger partial charge >= 0.3 is 12.3 Å². The van der Waals surface area contributed by atoms with E-state index in [0.717, 1.165) is 23.8 Å². The summed E-state index contributed by atoms with van der Waals surface area (Å²) in [6.07, 6.45) is -3.35. The number of carbonyl (C=O) groups is 2. The molecule has 0 aromatic carbocycles. The number of thiophene rings is 1. The van der Waals surface area contributed by atoms with Crippen LogP contribution in [0.25, 0.3) is 10.2 Å². The number of anilines is 1. The second-order valence-electron chi connectivity index (χ2n) is 8.62. The number of hydrogen-bond donors (Lipinski definition) is 1. The number of halogens is 3. The Morgan fingerprint density at radius 1 is 1.27 bits per heavy atom. The molecule has 0 radical (unpaired) electrons. The van der Waals surface area contributed by atoms with Crippen LogP contribution in [0.5, 0.6) is 0 Å². The van der Waals surface area contributed by atoms with Gasteiger partial charge in [0.25, 0.3) is 5.91 Å². The number of amides is 2. The van der Waals surface area contributed by atoms with Crippen LogP contribution in [0.15, 0.2) is 11.4 Å². The van der Waals surface area contributed by atoms with Crippen LogP contribution in [0.3, 0.4) is 0 Å². The molecule has 5 rings (SSSR count). The van der Waals surface area contributed by atoms with E-state index in [2.05, 4.69) is 10.3 Å². The molecule has 3 fully saturated rings. The van der Waals surface area contributed by atoms with E-state index in [1.54, 1.807) is 9.80 Å². The maximum Gasteiger partial charge on any atom is 0.417 e. The van der Waals surface area contributed by atoms with Crippen LogP contribution in [0.2, 0.25) is 0 Å². The Kier molecular flexibility index (Phi) is 5.39. The van der Waals surface area contributed by atoms with E-state index in [4.69, 9.17) is 9.47 Å². The van der Waals surface area contributed by atoms with Gasteiger partial charge in [-0.15, -0.1) is 11.3 Å². The van der Waals surface area contributed by atoms with Crippen molar-refractivity contribution >= 4 is 39.4 Å². The van der Waals surface area contributed by atoms with Crippen molar-refractivity contribution in [2.45, 2.75) is 37.1 Å². The number of nitrogens with zero attached hydrogens (tertiary/aromatic N) is 3. The molecule has 3 aliphatic rings. The molecule has 2 amide bonds. The quantitative estimate of drug-likeness (QED) is 0.720. The van der Waals surface area contributed by atoms with Crippen molar-refractivity contribution in [2.24, 2.45) is 0 Å². The first-order valence-corrected chi connectivity index (χ1v) is 11.6. The highest BCUT2D eigenvalue weighted by Crippen LogP contribution is 2.41. The van der Waals surface area contributed by atoms with Crippen molar-refractivity contribution in [3.05, 3.63) is 22.6 Å². The smallest absolute Gasteiger partial charge is 0.417 e. The lowest BCUT2D eigenvalue weighted by molar-refractivity contribution is -0.180. The number of pyridine rings is 1. The molecule has 0 unspecified atom stereocenters. The number of piperidine rings is 1. The molecule has 1 N–H and O–H groups in total. The molecule has 3 aliphatic heterocycles. The van der Waals surface area contributed by atoms with Crippen LogP contribution in [-0.4, -0.2) is 73.4 Å². The Hall–Kier alpha value is -2.60. The number of alkyl halides is 3. The van der Waals surface area contributed by atoms with E-state index < -0.39 is 17.6 Å². The lowest BCUT2D eigenvalue weighted by Gasteiger charge is -2.56. The summed E-state index contributed by atoms with van der Waals surface area (Å²) in [6.45, 7) is 2.51. The molecule has 178 valence electrons. The van der Waals surface area contributed by atoms with E-state index in [1.165, 1.54) is 12.4 Å². The van der Waals surface area contributed by atoms with Gasteiger partial charge in [0.15, 0.2) is 0 Å². The lowest BCUT2D eigenvalue weighted by atomic mass is 9.83. The van der Waals surface area contributed by atoms with Gasteiger partial charge in [0, 0.05) is 44.9 Å². The number of likely N-dealkylation sites (tertiary alicyclic amines) is 1. The highest BCUT2D eigenvalue weighted by molar-refractivity contribution is 7.17. The monoisotopic (exact) mass is 484 g/mol. The Bertz CT molecular complexity index is 1090. The summed E-state index contributed by atoms with van der Waals surface area (Å²) in [4.78, 5) is 32.5. The van der Waals surface area contributed by atoms with Crippen molar-refractivity contribution in [3.8, 4) is 0 Å². The summed E-state index contributed by atoms with van der Waals surface area (Å²) in [5.41, 5.74) is -0.837. The van der Waals surface area contributed by atoms with E-state index in [1.807, 2.05) is 0 Å². The zero-order valence-corrected chi connectivity index (χ0v) is 18.7. The molecular weight excluding hydrogens is 461 g/mol. The third-order valence-corrected chi connectivity index (χ3v) is 7.66. The van der Waals surface area contributed by atoms with Gasteiger partial charge in [-0.25, -0.2) is 9.78 Å². The van der Waals surface area contributed by atoms with Gasteiger partial charge in [-0.1, -0.05) is 0 Å². The van der Waals surface area contributed by atoms with E-state index in [9.17, 15) is 22.8 Å². The molecule has 3 saturated heterocycles. The van der Waals surface area contributed by atoms with Crippen molar-refractivity contribution in [2.75, 3.05) is 44.8 Å². The van der Waals surface area contributed by atoms with Crippen LogP contribution in [0.4, 0.5) is 23.8 Å².